The third kappa shape index (κ3) is 3.86. The summed E-state index contributed by atoms with van der Waals surface area (Å²) < 4.78 is 10.8. The van der Waals surface area contributed by atoms with Gasteiger partial charge in [0.2, 0.25) is 6.79 Å². The van der Waals surface area contributed by atoms with Crippen molar-refractivity contribution in [3.8, 4) is 22.8 Å². The van der Waals surface area contributed by atoms with Gasteiger partial charge in [-0.05, 0) is 42.0 Å². The monoisotopic (exact) mass is 424 g/mol. The van der Waals surface area contributed by atoms with E-state index < -0.39 is 0 Å². The van der Waals surface area contributed by atoms with Gasteiger partial charge in [-0.15, -0.1) is 0 Å². The SMILES string of the molecule is O=C(c1cc(-c2ccc3c(c2)OCO3)n[nH]1)N1CCN(Cc2ccc(Cl)cc2)CC1. The Hall–Kier alpha value is -3.03. The fraction of sp³-hybridized carbons (Fsp3) is 0.273. The molecular formula is C22H21ClN4O3. The van der Waals surface area contributed by atoms with Crippen molar-refractivity contribution in [3.63, 3.8) is 0 Å². The quantitative estimate of drug-likeness (QED) is 0.695. The van der Waals surface area contributed by atoms with E-state index in [4.69, 9.17) is 21.1 Å². The average Bonchev–Trinajstić information content (AvgIpc) is 3.44. The van der Waals surface area contributed by atoms with Crippen molar-refractivity contribution in [2.45, 2.75) is 6.54 Å². The van der Waals surface area contributed by atoms with Gasteiger partial charge in [0.15, 0.2) is 11.5 Å². The maximum absolute atomic E-state index is 12.9. The smallest absolute Gasteiger partial charge is 0.271 e. The molecule has 0 unspecified atom stereocenters. The topological polar surface area (TPSA) is 70.7 Å². The van der Waals surface area contributed by atoms with Crippen LogP contribution in [-0.2, 0) is 6.54 Å². The number of rotatable bonds is 4. The van der Waals surface area contributed by atoms with E-state index in [1.54, 1.807) is 6.07 Å². The number of hydrogen-bond acceptors (Lipinski definition) is 5. The molecule has 1 saturated heterocycles. The number of aromatic amines is 1. The molecule has 0 radical (unpaired) electrons. The Balaban J connectivity index is 1.20. The van der Waals surface area contributed by atoms with Crippen molar-refractivity contribution in [1.29, 1.82) is 0 Å². The number of nitrogens with one attached hydrogen (secondary N) is 1. The molecule has 8 heteroatoms. The Morgan fingerprint density at radius 1 is 1.00 bits per heavy atom. The number of fused-ring (bicyclic) bond motifs is 1. The van der Waals surface area contributed by atoms with Crippen molar-refractivity contribution in [3.05, 3.63) is 64.8 Å². The van der Waals surface area contributed by atoms with Gasteiger partial charge >= 0.3 is 0 Å². The first-order valence-corrected chi connectivity index (χ1v) is 10.2. The molecule has 1 N–H and O–H groups in total. The zero-order chi connectivity index (χ0) is 20.5. The third-order valence-electron chi connectivity index (χ3n) is 5.46. The maximum atomic E-state index is 12.9. The Kier molecular flexibility index (Phi) is 5.06. The van der Waals surface area contributed by atoms with E-state index in [0.717, 1.165) is 36.0 Å². The summed E-state index contributed by atoms with van der Waals surface area (Å²) in [4.78, 5) is 17.1. The number of aromatic nitrogens is 2. The Morgan fingerprint density at radius 2 is 1.77 bits per heavy atom. The summed E-state index contributed by atoms with van der Waals surface area (Å²) in [5.74, 6) is 1.39. The lowest BCUT2D eigenvalue weighted by atomic mass is 10.1. The second-order valence-electron chi connectivity index (χ2n) is 7.43. The number of hydrogen-bond donors (Lipinski definition) is 1. The van der Waals surface area contributed by atoms with Gasteiger partial charge in [-0.1, -0.05) is 23.7 Å². The second kappa shape index (κ2) is 8.01. The van der Waals surface area contributed by atoms with Crippen molar-refractivity contribution in [2.75, 3.05) is 33.0 Å². The molecule has 2 aliphatic rings. The Morgan fingerprint density at radius 3 is 2.57 bits per heavy atom. The number of halogens is 1. The molecule has 0 bridgehead atoms. The summed E-state index contributed by atoms with van der Waals surface area (Å²) >= 11 is 5.95. The van der Waals surface area contributed by atoms with Crippen molar-refractivity contribution in [1.82, 2.24) is 20.0 Å². The van der Waals surface area contributed by atoms with Crippen LogP contribution in [0.3, 0.4) is 0 Å². The van der Waals surface area contributed by atoms with E-state index in [1.807, 2.05) is 47.4 Å². The number of ether oxygens (including phenoxy) is 2. The van der Waals surface area contributed by atoms with Gasteiger partial charge in [0.25, 0.3) is 5.91 Å². The minimum atomic E-state index is -0.0272. The lowest BCUT2D eigenvalue weighted by Crippen LogP contribution is -2.48. The Labute approximate surface area is 179 Å². The summed E-state index contributed by atoms with van der Waals surface area (Å²) in [5.41, 5.74) is 3.30. The molecule has 3 aromatic rings. The van der Waals surface area contributed by atoms with Crippen LogP contribution in [0.2, 0.25) is 5.02 Å². The molecule has 0 spiro atoms. The van der Waals surface area contributed by atoms with Crippen LogP contribution in [0.1, 0.15) is 16.1 Å². The molecule has 7 nitrogen and oxygen atoms in total. The van der Waals surface area contributed by atoms with E-state index in [9.17, 15) is 4.79 Å². The van der Waals surface area contributed by atoms with E-state index in [1.165, 1.54) is 5.56 Å². The van der Waals surface area contributed by atoms with Crippen LogP contribution in [0.5, 0.6) is 11.5 Å². The molecule has 0 atom stereocenters. The highest BCUT2D eigenvalue weighted by molar-refractivity contribution is 6.30. The van der Waals surface area contributed by atoms with Crippen molar-refractivity contribution < 1.29 is 14.3 Å². The van der Waals surface area contributed by atoms with Crippen molar-refractivity contribution >= 4 is 17.5 Å². The van der Waals surface area contributed by atoms with Gasteiger partial charge < -0.3 is 14.4 Å². The second-order valence-corrected chi connectivity index (χ2v) is 7.87. The maximum Gasteiger partial charge on any atom is 0.271 e. The number of benzene rings is 2. The highest BCUT2D eigenvalue weighted by Crippen LogP contribution is 2.35. The molecule has 30 heavy (non-hydrogen) atoms. The van der Waals surface area contributed by atoms with Gasteiger partial charge in [-0.25, -0.2) is 0 Å². The van der Waals surface area contributed by atoms with Crippen LogP contribution in [0.15, 0.2) is 48.5 Å². The number of nitrogens with zero attached hydrogens (tertiary/aromatic N) is 3. The lowest BCUT2D eigenvalue weighted by molar-refractivity contribution is 0.0622. The van der Waals surface area contributed by atoms with E-state index in [2.05, 4.69) is 15.1 Å². The summed E-state index contributed by atoms with van der Waals surface area (Å²) in [5, 5.41) is 7.95. The number of piperazine rings is 1. The fourth-order valence-corrected chi connectivity index (χ4v) is 3.89. The fourth-order valence-electron chi connectivity index (χ4n) is 3.76. The number of carbonyl (C=O) groups excluding carboxylic acids is 1. The van der Waals surface area contributed by atoms with Crippen molar-refractivity contribution in [2.24, 2.45) is 0 Å². The molecule has 154 valence electrons. The molecule has 5 rings (SSSR count). The standard InChI is InChI=1S/C22H21ClN4O3/c23-17-4-1-15(2-5-17)13-26-7-9-27(10-8-26)22(28)19-12-18(24-25-19)16-3-6-20-21(11-16)30-14-29-20/h1-6,11-12H,7-10,13-14H2,(H,24,25). The molecule has 0 aliphatic carbocycles. The molecule has 1 fully saturated rings. The van der Waals surface area contributed by atoms with Crippen LogP contribution < -0.4 is 9.47 Å². The summed E-state index contributed by atoms with van der Waals surface area (Å²) in [6.07, 6.45) is 0. The first-order chi connectivity index (χ1) is 14.7. The molecule has 3 heterocycles. The van der Waals surface area contributed by atoms with Gasteiger partial charge in [-0.2, -0.15) is 5.10 Å². The van der Waals surface area contributed by atoms with Crippen LogP contribution in [-0.4, -0.2) is 58.9 Å². The molecule has 1 amide bonds. The van der Waals surface area contributed by atoms with Crippen LogP contribution in [0.25, 0.3) is 11.3 Å². The summed E-state index contributed by atoms with van der Waals surface area (Å²) in [6.45, 7) is 4.12. The van der Waals surface area contributed by atoms with Gasteiger partial charge in [0.1, 0.15) is 5.69 Å². The molecule has 2 aromatic carbocycles. The minimum absolute atomic E-state index is 0.0272. The third-order valence-corrected chi connectivity index (χ3v) is 5.71. The van der Waals surface area contributed by atoms with Crippen LogP contribution in [0.4, 0.5) is 0 Å². The molecular weight excluding hydrogens is 404 g/mol. The van der Waals surface area contributed by atoms with Gasteiger partial charge in [0.05, 0.1) is 5.69 Å². The zero-order valence-electron chi connectivity index (χ0n) is 16.3. The highest BCUT2D eigenvalue weighted by atomic mass is 35.5. The summed E-state index contributed by atoms with van der Waals surface area (Å²) in [6, 6.07) is 15.3. The van der Waals surface area contributed by atoms with Gasteiger partial charge in [0, 0.05) is 43.3 Å². The number of H-pyrrole nitrogens is 1. The van der Waals surface area contributed by atoms with Gasteiger partial charge in [-0.3, -0.25) is 14.8 Å². The predicted octanol–water partition coefficient (Wildman–Crippen LogP) is 3.42. The first kappa shape index (κ1) is 19.0. The first-order valence-electron chi connectivity index (χ1n) is 9.87. The molecule has 1 aromatic heterocycles. The van der Waals surface area contributed by atoms with E-state index in [0.29, 0.717) is 30.2 Å². The minimum Gasteiger partial charge on any atom is -0.454 e. The van der Waals surface area contributed by atoms with E-state index in [-0.39, 0.29) is 12.7 Å². The largest absolute Gasteiger partial charge is 0.454 e. The number of amides is 1. The molecule has 0 saturated carbocycles. The summed E-state index contributed by atoms with van der Waals surface area (Å²) in [7, 11) is 0. The molecule has 2 aliphatic heterocycles. The zero-order valence-corrected chi connectivity index (χ0v) is 17.1. The van der Waals surface area contributed by atoms with Crippen LogP contribution in [0, 0.1) is 0 Å². The number of carbonyl (C=O) groups is 1. The Bertz CT molecular complexity index is 1060. The lowest BCUT2D eigenvalue weighted by Gasteiger charge is -2.34. The van der Waals surface area contributed by atoms with Crippen LogP contribution >= 0.6 is 11.6 Å². The van der Waals surface area contributed by atoms with E-state index >= 15 is 0 Å². The average molecular weight is 425 g/mol. The normalized spacial score (nSPS) is 16.1. The highest BCUT2D eigenvalue weighted by Gasteiger charge is 2.24. The predicted molar refractivity (Wildman–Crippen MR) is 113 cm³/mol.